The van der Waals surface area contributed by atoms with Crippen LogP contribution in [0.2, 0.25) is 0 Å². The molecule has 0 aromatic rings. The summed E-state index contributed by atoms with van der Waals surface area (Å²) in [5.74, 6) is -3.99. The minimum atomic E-state index is -2.32. The van der Waals surface area contributed by atoms with Gasteiger partial charge in [-0.15, -0.1) is 0 Å². The summed E-state index contributed by atoms with van der Waals surface area (Å²) < 4.78 is 9.68. The van der Waals surface area contributed by atoms with Crippen molar-refractivity contribution in [2.45, 2.75) is 58.3 Å². The fraction of sp³-hybridized carbons (Fsp3) is 0.625. The number of aliphatic hydroxyl groups is 2. The molecule has 2 N–H and O–H groups in total. The highest BCUT2D eigenvalue weighted by Gasteiger charge is 2.36. The van der Waals surface area contributed by atoms with Gasteiger partial charge in [0.1, 0.15) is 0 Å². The van der Waals surface area contributed by atoms with Gasteiger partial charge in [-0.3, -0.25) is 0 Å². The molecule has 6 nitrogen and oxygen atoms in total. The van der Waals surface area contributed by atoms with Crippen molar-refractivity contribution in [3.05, 3.63) is 24.3 Å². The van der Waals surface area contributed by atoms with Crippen molar-refractivity contribution < 1.29 is 29.3 Å². The summed E-state index contributed by atoms with van der Waals surface area (Å²) in [7, 11) is 0. The number of hydrogen-bond acceptors (Lipinski definition) is 6. The van der Waals surface area contributed by atoms with Gasteiger partial charge in [-0.05, 0) is 26.7 Å². The van der Waals surface area contributed by atoms with Crippen LogP contribution in [0.25, 0.3) is 0 Å². The molecular formula is C16H26O6. The normalized spacial score (nSPS) is 10.9. The van der Waals surface area contributed by atoms with E-state index in [1.165, 1.54) is 13.8 Å². The van der Waals surface area contributed by atoms with Crippen LogP contribution in [0.4, 0.5) is 0 Å². The van der Waals surface area contributed by atoms with Crippen molar-refractivity contribution in [1.29, 1.82) is 0 Å². The Morgan fingerprint density at radius 1 is 0.909 bits per heavy atom. The highest BCUT2D eigenvalue weighted by Crippen LogP contribution is 2.22. The van der Waals surface area contributed by atoms with Crippen LogP contribution in [0.3, 0.4) is 0 Å². The Morgan fingerprint density at radius 3 is 1.73 bits per heavy atom. The Hall–Kier alpha value is -1.66. The molecule has 0 spiro atoms. The zero-order chi connectivity index (χ0) is 17.2. The fourth-order valence-electron chi connectivity index (χ4n) is 1.58. The second kappa shape index (κ2) is 10.1. The van der Waals surface area contributed by atoms with Crippen LogP contribution in [0.15, 0.2) is 24.3 Å². The second-order valence-electron chi connectivity index (χ2n) is 5.29. The summed E-state index contributed by atoms with van der Waals surface area (Å²) in [5.41, 5.74) is 0.181. The topological polar surface area (TPSA) is 93.1 Å². The Kier molecular flexibility index (Phi) is 9.37. The molecule has 0 unspecified atom stereocenters. The summed E-state index contributed by atoms with van der Waals surface area (Å²) in [5, 5.41) is 18.9. The van der Waals surface area contributed by atoms with Crippen LogP contribution >= 0.6 is 0 Å². The van der Waals surface area contributed by atoms with Gasteiger partial charge in [-0.1, -0.05) is 32.4 Å². The molecule has 0 saturated carbocycles. The van der Waals surface area contributed by atoms with E-state index in [0.29, 0.717) is 6.42 Å². The summed E-state index contributed by atoms with van der Waals surface area (Å²) in [6.45, 7) is 9.84. The van der Waals surface area contributed by atoms with Crippen molar-refractivity contribution in [3.8, 4) is 0 Å². The number of hydrogen-bond donors (Lipinski definition) is 2. The maximum atomic E-state index is 11.6. The first-order valence-electron chi connectivity index (χ1n) is 7.33. The third kappa shape index (κ3) is 8.59. The maximum Gasteiger partial charge on any atom is 0.373 e. The molecule has 0 bridgehead atoms. The first kappa shape index (κ1) is 20.3. The van der Waals surface area contributed by atoms with Gasteiger partial charge in [0.25, 0.3) is 0 Å². The van der Waals surface area contributed by atoms with Gasteiger partial charge in [-0.2, -0.15) is 0 Å². The standard InChI is InChI=1S/C16H26O6/c1-12(2)14(18)21-16(20,22-15(19)13(3)4)10-8-6-5-7-9-11-17/h17,20H,1,3,5-11H2,2,4H3. The monoisotopic (exact) mass is 314 g/mol. The number of rotatable bonds is 11. The van der Waals surface area contributed by atoms with Crippen LogP contribution in [0, 0.1) is 0 Å². The van der Waals surface area contributed by atoms with Crippen LogP contribution in [0.5, 0.6) is 0 Å². The largest absolute Gasteiger partial charge is 0.396 e. The van der Waals surface area contributed by atoms with Crippen LogP contribution in [-0.2, 0) is 19.1 Å². The van der Waals surface area contributed by atoms with E-state index < -0.39 is 17.9 Å². The Balaban J connectivity index is 4.57. The molecule has 0 saturated heterocycles. The number of ether oxygens (including phenoxy) is 2. The molecule has 0 aromatic heterocycles. The van der Waals surface area contributed by atoms with E-state index >= 15 is 0 Å². The predicted octanol–water partition coefficient (Wildman–Crippen LogP) is 2.20. The summed E-state index contributed by atoms with van der Waals surface area (Å²) >= 11 is 0. The first-order valence-corrected chi connectivity index (χ1v) is 7.33. The molecule has 0 fully saturated rings. The molecule has 0 rings (SSSR count). The van der Waals surface area contributed by atoms with Crippen LogP contribution in [0.1, 0.15) is 52.4 Å². The van der Waals surface area contributed by atoms with E-state index in [2.05, 4.69) is 13.2 Å². The SMILES string of the molecule is C=C(C)C(=O)OC(O)(CCCCCCCO)OC(=O)C(=C)C. The number of carbonyl (C=O) groups excluding carboxylic acids is 2. The highest BCUT2D eigenvalue weighted by molar-refractivity contribution is 5.88. The lowest BCUT2D eigenvalue weighted by molar-refractivity contribution is -0.325. The Bertz CT molecular complexity index is 385. The van der Waals surface area contributed by atoms with Gasteiger partial charge in [0.05, 0.1) is 6.42 Å². The molecule has 0 aliphatic rings. The Morgan fingerprint density at radius 2 is 1.32 bits per heavy atom. The van der Waals surface area contributed by atoms with Crippen LogP contribution < -0.4 is 0 Å². The predicted molar refractivity (Wildman–Crippen MR) is 81.5 cm³/mol. The highest BCUT2D eigenvalue weighted by atomic mass is 16.8. The first-order chi connectivity index (χ1) is 10.2. The fourth-order valence-corrected chi connectivity index (χ4v) is 1.58. The minimum absolute atomic E-state index is 0.0375. The van der Waals surface area contributed by atoms with Gasteiger partial charge >= 0.3 is 17.9 Å². The van der Waals surface area contributed by atoms with Crippen molar-refractivity contribution in [2.75, 3.05) is 6.61 Å². The summed E-state index contributed by atoms with van der Waals surface area (Å²) in [6, 6.07) is 0. The lowest BCUT2D eigenvalue weighted by atomic mass is 10.1. The van der Waals surface area contributed by atoms with Gasteiger partial charge in [-0.25, -0.2) is 9.59 Å². The van der Waals surface area contributed by atoms with E-state index in [1.54, 1.807) is 0 Å². The van der Waals surface area contributed by atoms with E-state index in [4.69, 9.17) is 14.6 Å². The molecule has 0 aliphatic carbocycles. The van der Waals surface area contributed by atoms with Crippen molar-refractivity contribution >= 4 is 11.9 Å². The average Bonchev–Trinajstić information content (AvgIpc) is 2.42. The van der Waals surface area contributed by atoms with E-state index in [-0.39, 0.29) is 24.2 Å². The van der Waals surface area contributed by atoms with Gasteiger partial charge in [0.2, 0.25) is 0 Å². The minimum Gasteiger partial charge on any atom is -0.396 e. The molecular weight excluding hydrogens is 288 g/mol. The number of aliphatic hydroxyl groups excluding tert-OH is 1. The molecule has 0 atom stereocenters. The third-order valence-corrected chi connectivity index (χ3v) is 2.85. The van der Waals surface area contributed by atoms with Gasteiger partial charge in [0.15, 0.2) is 0 Å². The summed E-state index contributed by atoms with van der Waals surface area (Å²) in [6.07, 6.45) is 3.65. The molecule has 0 amide bonds. The van der Waals surface area contributed by atoms with E-state index in [9.17, 15) is 14.7 Å². The Labute approximate surface area is 131 Å². The van der Waals surface area contributed by atoms with Gasteiger partial charge < -0.3 is 19.7 Å². The average molecular weight is 314 g/mol. The number of esters is 2. The maximum absolute atomic E-state index is 11.6. The lowest BCUT2D eigenvalue weighted by Crippen LogP contribution is -2.40. The van der Waals surface area contributed by atoms with E-state index in [1.807, 2.05) is 0 Å². The van der Waals surface area contributed by atoms with Crippen molar-refractivity contribution in [1.82, 2.24) is 0 Å². The number of unbranched alkanes of at least 4 members (excludes halogenated alkanes) is 4. The lowest BCUT2D eigenvalue weighted by Gasteiger charge is -2.27. The molecule has 0 radical (unpaired) electrons. The molecule has 0 heterocycles. The van der Waals surface area contributed by atoms with Crippen LogP contribution in [-0.4, -0.2) is 34.7 Å². The molecule has 0 aliphatic heterocycles. The molecule has 6 heteroatoms. The molecule has 126 valence electrons. The zero-order valence-corrected chi connectivity index (χ0v) is 13.4. The quantitative estimate of drug-likeness (QED) is 0.263. The van der Waals surface area contributed by atoms with Crippen molar-refractivity contribution in [3.63, 3.8) is 0 Å². The molecule has 0 aromatic carbocycles. The zero-order valence-electron chi connectivity index (χ0n) is 13.4. The molecule has 22 heavy (non-hydrogen) atoms. The third-order valence-electron chi connectivity index (χ3n) is 2.85. The smallest absolute Gasteiger partial charge is 0.373 e. The number of carbonyl (C=O) groups is 2. The van der Waals surface area contributed by atoms with E-state index in [0.717, 1.165) is 25.7 Å². The van der Waals surface area contributed by atoms with Gasteiger partial charge in [0, 0.05) is 17.8 Å². The van der Waals surface area contributed by atoms with Crippen molar-refractivity contribution in [2.24, 2.45) is 0 Å². The second-order valence-corrected chi connectivity index (χ2v) is 5.29. The summed E-state index contributed by atoms with van der Waals surface area (Å²) in [4.78, 5) is 23.1.